The quantitative estimate of drug-likeness (QED) is 0.414. The molecule has 0 radical (unpaired) electrons. The number of imidazole rings is 1. The number of hydrogen-bond acceptors (Lipinski definition) is 6. The van der Waals surface area contributed by atoms with Crippen LogP contribution in [0.2, 0.25) is 0 Å². The summed E-state index contributed by atoms with van der Waals surface area (Å²) in [5, 5.41) is 6.48. The molecule has 172 valence electrons. The zero-order valence-electron chi connectivity index (χ0n) is 18.1. The van der Waals surface area contributed by atoms with Gasteiger partial charge >= 0.3 is 0 Å². The van der Waals surface area contributed by atoms with Gasteiger partial charge in [-0.25, -0.2) is 18.7 Å². The minimum absolute atomic E-state index is 0.188. The molecule has 1 aliphatic heterocycles. The van der Waals surface area contributed by atoms with E-state index in [9.17, 15) is 13.6 Å². The fourth-order valence-electron chi connectivity index (χ4n) is 4.12. The summed E-state index contributed by atoms with van der Waals surface area (Å²) in [6, 6.07) is 4.01. The van der Waals surface area contributed by atoms with Crippen molar-refractivity contribution in [3.63, 3.8) is 0 Å². The van der Waals surface area contributed by atoms with Gasteiger partial charge in [0.25, 0.3) is 12.3 Å². The van der Waals surface area contributed by atoms with Gasteiger partial charge in [-0.1, -0.05) is 0 Å². The fourth-order valence-corrected chi connectivity index (χ4v) is 4.12. The third kappa shape index (κ3) is 4.36. The molecule has 9 nitrogen and oxygen atoms in total. The van der Waals surface area contributed by atoms with Crippen LogP contribution in [0.3, 0.4) is 0 Å². The van der Waals surface area contributed by atoms with Crippen molar-refractivity contribution in [2.45, 2.75) is 25.3 Å². The molecule has 0 bridgehead atoms. The lowest BCUT2D eigenvalue weighted by molar-refractivity contribution is 0.0886. The highest BCUT2D eigenvalue weighted by Gasteiger charge is 2.19. The number of piperidine rings is 1. The van der Waals surface area contributed by atoms with Crippen LogP contribution in [0.5, 0.6) is 0 Å². The average Bonchev–Trinajstić information content (AvgIpc) is 3.42. The molecule has 3 N–H and O–H groups in total. The molecule has 4 aromatic rings. The van der Waals surface area contributed by atoms with E-state index in [1.165, 1.54) is 6.20 Å². The summed E-state index contributed by atoms with van der Waals surface area (Å²) in [6.45, 7) is 1.39. The van der Waals surface area contributed by atoms with Crippen molar-refractivity contribution in [1.29, 1.82) is 0 Å². The van der Waals surface area contributed by atoms with Crippen LogP contribution in [-0.2, 0) is 0 Å². The Labute approximate surface area is 188 Å². The minimum atomic E-state index is -2.62. The second kappa shape index (κ2) is 8.74. The monoisotopic (exact) mass is 454 g/mol. The predicted molar refractivity (Wildman–Crippen MR) is 121 cm³/mol. The topological polar surface area (TPSA) is 103 Å². The standard InChI is InChI=1S/C22H24F2N8O/c1-31-6-4-14(5-7-31)29-22-28-9-16-15(8-26-20(16)30-22)13-2-3-19-25-10-17(32(19)12-13)21(33)27-11-18(23)24/h2-3,8-10,12,14,18H,4-7,11H2,1H3,(H,27,33)(H2,26,28,29,30). The van der Waals surface area contributed by atoms with Gasteiger partial charge < -0.3 is 20.5 Å². The number of pyridine rings is 1. The number of anilines is 1. The highest BCUT2D eigenvalue weighted by atomic mass is 19.3. The van der Waals surface area contributed by atoms with Crippen LogP contribution >= 0.6 is 0 Å². The maximum absolute atomic E-state index is 12.5. The van der Waals surface area contributed by atoms with Gasteiger partial charge in [-0.2, -0.15) is 4.98 Å². The van der Waals surface area contributed by atoms with Gasteiger partial charge in [-0.3, -0.25) is 9.20 Å². The molecule has 0 aromatic carbocycles. The number of hydrogen-bond donors (Lipinski definition) is 3. The van der Waals surface area contributed by atoms with Crippen molar-refractivity contribution in [3.05, 3.63) is 42.6 Å². The fraction of sp³-hybridized carbons (Fsp3) is 0.364. The van der Waals surface area contributed by atoms with Crippen molar-refractivity contribution < 1.29 is 13.6 Å². The third-order valence-electron chi connectivity index (χ3n) is 5.95. The first-order chi connectivity index (χ1) is 16.0. The van der Waals surface area contributed by atoms with E-state index in [2.05, 4.69) is 42.5 Å². The Morgan fingerprint density at radius 3 is 2.85 bits per heavy atom. The van der Waals surface area contributed by atoms with Gasteiger partial charge in [0.2, 0.25) is 5.95 Å². The molecular weight excluding hydrogens is 430 g/mol. The minimum Gasteiger partial charge on any atom is -0.351 e. The number of alkyl halides is 2. The highest BCUT2D eigenvalue weighted by Crippen LogP contribution is 2.28. The molecule has 0 atom stereocenters. The zero-order chi connectivity index (χ0) is 22.9. The molecule has 0 saturated carbocycles. The van der Waals surface area contributed by atoms with Gasteiger partial charge in [-0.05, 0) is 45.1 Å². The maximum atomic E-state index is 12.5. The summed E-state index contributed by atoms with van der Waals surface area (Å²) >= 11 is 0. The molecule has 1 aliphatic rings. The summed E-state index contributed by atoms with van der Waals surface area (Å²) in [5.74, 6) is -0.0136. The Hall–Kier alpha value is -3.60. The Balaban J connectivity index is 1.41. The SMILES string of the molecule is CN1CCC(Nc2ncc3c(-c4ccc5ncc(C(=O)NCC(F)F)n5c4)c[nH]c3n2)CC1. The van der Waals surface area contributed by atoms with Crippen molar-refractivity contribution in [1.82, 2.24) is 34.6 Å². The second-order valence-electron chi connectivity index (χ2n) is 8.27. The second-order valence-corrected chi connectivity index (χ2v) is 8.27. The number of nitrogens with one attached hydrogen (secondary N) is 3. The van der Waals surface area contributed by atoms with Crippen LogP contribution in [0, 0.1) is 0 Å². The average molecular weight is 454 g/mol. The number of amides is 1. The molecule has 0 aliphatic carbocycles. The number of nitrogens with zero attached hydrogens (tertiary/aromatic N) is 5. The first kappa shape index (κ1) is 21.3. The van der Waals surface area contributed by atoms with Gasteiger partial charge in [-0.15, -0.1) is 0 Å². The first-order valence-electron chi connectivity index (χ1n) is 10.8. The molecule has 4 aromatic heterocycles. The molecule has 1 fully saturated rings. The van der Waals surface area contributed by atoms with Crippen LogP contribution in [0.25, 0.3) is 27.8 Å². The van der Waals surface area contributed by atoms with Crippen LogP contribution in [0.1, 0.15) is 23.3 Å². The van der Waals surface area contributed by atoms with Crippen LogP contribution in [0.15, 0.2) is 36.9 Å². The number of aromatic nitrogens is 5. The van der Waals surface area contributed by atoms with E-state index in [4.69, 9.17) is 0 Å². The molecule has 11 heteroatoms. The van der Waals surface area contributed by atoms with Gasteiger partial charge in [0, 0.05) is 41.1 Å². The lowest BCUT2D eigenvalue weighted by Gasteiger charge is -2.29. The summed E-state index contributed by atoms with van der Waals surface area (Å²) in [4.78, 5) is 31.1. The molecule has 0 unspecified atom stereocenters. The Bertz CT molecular complexity index is 1290. The maximum Gasteiger partial charge on any atom is 0.270 e. The van der Waals surface area contributed by atoms with E-state index in [0.29, 0.717) is 23.3 Å². The molecule has 5 heterocycles. The lowest BCUT2D eigenvalue weighted by Crippen LogP contribution is -2.37. The Kier molecular flexibility index (Phi) is 5.63. The van der Waals surface area contributed by atoms with E-state index in [-0.39, 0.29) is 5.69 Å². The largest absolute Gasteiger partial charge is 0.351 e. The van der Waals surface area contributed by atoms with Crippen LogP contribution < -0.4 is 10.6 Å². The smallest absolute Gasteiger partial charge is 0.270 e. The van der Waals surface area contributed by atoms with E-state index < -0.39 is 18.9 Å². The molecule has 1 amide bonds. The lowest BCUT2D eigenvalue weighted by atomic mass is 10.1. The molecular formula is C22H24F2N8O. The number of carbonyl (C=O) groups excluding carboxylic acids is 1. The van der Waals surface area contributed by atoms with Gasteiger partial charge in [0.1, 0.15) is 17.0 Å². The first-order valence-corrected chi connectivity index (χ1v) is 10.8. The van der Waals surface area contributed by atoms with Crippen molar-refractivity contribution in [2.24, 2.45) is 0 Å². The van der Waals surface area contributed by atoms with Crippen molar-refractivity contribution >= 4 is 28.5 Å². The van der Waals surface area contributed by atoms with Gasteiger partial charge in [0.05, 0.1) is 12.7 Å². The van der Waals surface area contributed by atoms with E-state index in [1.54, 1.807) is 22.9 Å². The van der Waals surface area contributed by atoms with Crippen LogP contribution in [0.4, 0.5) is 14.7 Å². The zero-order valence-corrected chi connectivity index (χ0v) is 18.1. The molecule has 1 saturated heterocycles. The predicted octanol–water partition coefficient (Wildman–Crippen LogP) is 2.77. The number of likely N-dealkylation sites (tertiary alicyclic amines) is 1. The normalized spacial score (nSPS) is 15.5. The highest BCUT2D eigenvalue weighted by molar-refractivity contribution is 5.95. The van der Waals surface area contributed by atoms with E-state index >= 15 is 0 Å². The van der Waals surface area contributed by atoms with Gasteiger partial charge in [0.15, 0.2) is 0 Å². The number of H-pyrrole nitrogens is 1. The number of carbonyl (C=O) groups is 1. The third-order valence-corrected chi connectivity index (χ3v) is 5.95. The summed E-state index contributed by atoms with van der Waals surface area (Å²) < 4.78 is 26.5. The Morgan fingerprint density at radius 2 is 2.06 bits per heavy atom. The molecule has 0 spiro atoms. The number of rotatable bonds is 6. The van der Waals surface area contributed by atoms with Crippen molar-refractivity contribution in [2.75, 3.05) is 32.0 Å². The summed E-state index contributed by atoms with van der Waals surface area (Å²) in [6.07, 6.45) is 6.23. The van der Waals surface area contributed by atoms with Crippen molar-refractivity contribution in [3.8, 4) is 11.1 Å². The molecule has 33 heavy (non-hydrogen) atoms. The molecule has 5 rings (SSSR count). The summed E-state index contributed by atoms with van der Waals surface area (Å²) in [7, 11) is 2.12. The summed E-state index contributed by atoms with van der Waals surface area (Å²) in [5.41, 5.74) is 3.12. The number of halogens is 2. The van der Waals surface area contributed by atoms with E-state index in [0.717, 1.165) is 42.4 Å². The number of aromatic amines is 1. The number of fused-ring (bicyclic) bond motifs is 2. The van der Waals surface area contributed by atoms with E-state index in [1.807, 2.05) is 12.3 Å². The van der Waals surface area contributed by atoms with Crippen LogP contribution in [-0.4, -0.2) is 74.3 Å². The Morgan fingerprint density at radius 1 is 1.24 bits per heavy atom.